The monoisotopic (exact) mass is 359 g/mol. The Morgan fingerprint density at radius 2 is 1.25 bits per heavy atom. The van der Waals surface area contributed by atoms with Gasteiger partial charge in [-0.05, 0) is 20.8 Å². The second kappa shape index (κ2) is 11.9. The lowest BCUT2D eigenvalue weighted by Gasteiger charge is -2.19. The fraction of sp³-hybridized carbons (Fsp3) is 0.462. The zero-order chi connectivity index (χ0) is 16.0. The Labute approximate surface area is 136 Å². The number of nitrogens with one attached hydrogen (secondary N) is 3. The molecule has 1 rings (SSSR count). The van der Waals surface area contributed by atoms with Gasteiger partial charge in [0.1, 0.15) is 5.56 Å². The van der Waals surface area contributed by atoms with E-state index in [1.165, 1.54) is 0 Å². The van der Waals surface area contributed by atoms with Crippen LogP contribution in [0.5, 0.6) is 17.2 Å². The number of halogens is 3. The number of hydrogen-bond donors (Lipinski definition) is 6. The summed E-state index contributed by atoms with van der Waals surface area (Å²) in [6, 6.07) is 0. The van der Waals surface area contributed by atoms with Crippen LogP contribution in [0.25, 0.3) is 0 Å². The normalized spacial score (nSPS) is 8.96. The number of benzene rings is 1. The van der Waals surface area contributed by atoms with Crippen molar-refractivity contribution in [2.24, 2.45) is 0 Å². The first kappa shape index (κ1) is 26.3. The third-order valence-corrected chi connectivity index (χ3v) is 2.64. The molecule has 8 nitrogen and oxygen atoms in total. The maximum absolute atomic E-state index is 12.1. The van der Waals surface area contributed by atoms with Crippen LogP contribution in [-0.2, 0) is 4.84 Å². The quantitative estimate of drug-likeness (QED) is 0.247. The van der Waals surface area contributed by atoms with Crippen molar-refractivity contribution >= 4 is 17.3 Å². The SMILES string of the molecule is CCNOC(=O)c1c(NCC)c(O)c(O)c(O)c1NCC.F.F.F. The zero-order valence-electron chi connectivity index (χ0n) is 13.5. The number of anilines is 2. The first-order valence-corrected chi connectivity index (χ1v) is 6.72. The van der Waals surface area contributed by atoms with E-state index in [9.17, 15) is 20.1 Å². The van der Waals surface area contributed by atoms with Crippen LogP contribution < -0.4 is 16.1 Å². The summed E-state index contributed by atoms with van der Waals surface area (Å²) < 4.78 is 0. The summed E-state index contributed by atoms with van der Waals surface area (Å²) in [4.78, 5) is 17.0. The Morgan fingerprint density at radius 3 is 1.58 bits per heavy atom. The zero-order valence-corrected chi connectivity index (χ0v) is 13.5. The molecule has 0 saturated heterocycles. The molecule has 0 saturated carbocycles. The standard InChI is InChI=1S/C13H21N3O5.3FH/c1-4-14-8-7(13(20)21-16-6-3)9(15-5-2)11(18)12(19)10(8)17;;;/h14-19H,4-6H2,1-3H3;3*1H. The van der Waals surface area contributed by atoms with Crippen LogP contribution in [0.2, 0.25) is 0 Å². The van der Waals surface area contributed by atoms with Gasteiger partial charge >= 0.3 is 5.97 Å². The van der Waals surface area contributed by atoms with Gasteiger partial charge in [-0.2, -0.15) is 5.48 Å². The Bertz CT molecular complexity index is 499. The Kier molecular flexibility index (Phi) is 13.1. The number of phenols is 3. The molecule has 0 fully saturated rings. The van der Waals surface area contributed by atoms with Crippen molar-refractivity contribution in [3.05, 3.63) is 5.56 Å². The van der Waals surface area contributed by atoms with Crippen LogP contribution in [0.3, 0.4) is 0 Å². The van der Waals surface area contributed by atoms with Gasteiger partial charge in [-0.15, -0.1) is 0 Å². The van der Waals surface area contributed by atoms with Crippen molar-refractivity contribution in [2.45, 2.75) is 20.8 Å². The fourth-order valence-electron chi connectivity index (χ4n) is 1.80. The van der Waals surface area contributed by atoms with E-state index in [1.54, 1.807) is 20.8 Å². The molecule has 11 heteroatoms. The highest BCUT2D eigenvalue weighted by molar-refractivity contribution is 6.06. The second-order valence-corrected chi connectivity index (χ2v) is 4.12. The van der Waals surface area contributed by atoms with Crippen molar-refractivity contribution in [1.82, 2.24) is 5.48 Å². The molecule has 0 radical (unpaired) electrons. The van der Waals surface area contributed by atoms with Gasteiger partial charge in [-0.1, -0.05) is 0 Å². The predicted octanol–water partition coefficient (Wildman–Crippen LogP) is 1.81. The molecule has 0 spiro atoms. The van der Waals surface area contributed by atoms with E-state index in [0.29, 0.717) is 19.6 Å². The number of rotatable bonds is 7. The minimum atomic E-state index is -0.797. The van der Waals surface area contributed by atoms with Crippen molar-refractivity contribution in [3.8, 4) is 17.2 Å². The van der Waals surface area contributed by atoms with Crippen LogP contribution in [0.15, 0.2) is 0 Å². The minimum Gasteiger partial charge on any atom is -0.503 e. The van der Waals surface area contributed by atoms with Crippen LogP contribution >= 0.6 is 0 Å². The lowest BCUT2D eigenvalue weighted by Crippen LogP contribution is -2.22. The van der Waals surface area contributed by atoms with Gasteiger partial charge in [0.15, 0.2) is 11.5 Å². The first-order chi connectivity index (χ1) is 9.99. The van der Waals surface area contributed by atoms with Crippen molar-refractivity contribution < 1.29 is 39.1 Å². The van der Waals surface area contributed by atoms with E-state index in [0.717, 1.165) is 0 Å². The number of carbonyl (C=O) groups excluding carboxylic acids is 1. The molecule has 0 aromatic heterocycles. The van der Waals surface area contributed by atoms with Gasteiger partial charge < -0.3 is 30.8 Å². The highest BCUT2D eigenvalue weighted by atomic mass is 19.0. The molecule has 142 valence electrons. The minimum absolute atomic E-state index is 0. The van der Waals surface area contributed by atoms with Crippen LogP contribution in [0.1, 0.15) is 31.1 Å². The topological polar surface area (TPSA) is 123 Å². The van der Waals surface area contributed by atoms with Crippen LogP contribution in [0, 0.1) is 0 Å². The van der Waals surface area contributed by atoms with Crippen molar-refractivity contribution in [3.63, 3.8) is 0 Å². The second-order valence-electron chi connectivity index (χ2n) is 4.12. The molecule has 0 aliphatic heterocycles. The van der Waals surface area contributed by atoms with E-state index in [-0.39, 0.29) is 31.1 Å². The highest BCUT2D eigenvalue weighted by Crippen LogP contribution is 2.49. The van der Waals surface area contributed by atoms with Gasteiger partial charge in [0.25, 0.3) is 0 Å². The molecule has 0 amide bonds. The summed E-state index contributed by atoms with van der Waals surface area (Å²) in [7, 11) is 0. The molecule has 6 N–H and O–H groups in total. The number of phenolic OH excluding ortho intramolecular Hbond substituents is 3. The van der Waals surface area contributed by atoms with E-state index in [4.69, 9.17) is 4.84 Å². The largest absolute Gasteiger partial charge is 0.503 e. The van der Waals surface area contributed by atoms with Gasteiger partial charge in [0.05, 0.1) is 11.4 Å². The molecule has 24 heavy (non-hydrogen) atoms. The number of carbonyl (C=O) groups is 1. The van der Waals surface area contributed by atoms with Gasteiger partial charge in [0.2, 0.25) is 5.75 Å². The number of hydrogen-bond acceptors (Lipinski definition) is 8. The predicted molar refractivity (Wildman–Crippen MR) is 86.4 cm³/mol. The Balaban J connectivity index is -0.00000147. The molecule has 0 atom stereocenters. The first-order valence-electron chi connectivity index (χ1n) is 6.72. The maximum atomic E-state index is 12.1. The summed E-state index contributed by atoms with van der Waals surface area (Å²) in [6.45, 7) is 6.45. The number of hydroxylamine groups is 1. The van der Waals surface area contributed by atoms with Crippen molar-refractivity contribution in [2.75, 3.05) is 30.3 Å². The average molecular weight is 359 g/mol. The van der Waals surface area contributed by atoms with Gasteiger partial charge in [0, 0.05) is 19.6 Å². The van der Waals surface area contributed by atoms with Crippen LogP contribution in [-0.4, -0.2) is 40.9 Å². The molecule has 0 aliphatic rings. The molecule has 0 aliphatic carbocycles. The fourth-order valence-corrected chi connectivity index (χ4v) is 1.80. The molecule has 0 bridgehead atoms. The smallest absolute Gasteiger partial charge is 0.361 e. The maximum Gasteiger partial charge on any atom is 0.361 e. The Hall–Kier alpha value is -2.56. The lowest BCUT2D eigenvalue weighted by molar-refractivity contribution is 0.0267. The van der Waals surface area contributed by atoms with Crippen molar-refractivity contribution in [1.29, 1.82) is 0 Å². The summed E-state index contributed by atoms with van der Waals surface area (Å²) in [5.74, 6) is -2.73. The molecule has 0 heterocycles. The van der Waals surface area contributed by atoms with E-state index in [1.807, 2.05) is 0 Å². The van der Waals surface area contributed by atoms with E-state index in [2.05, 4.69) is 16.1 Å². The van der Waals surface area contributed by atoms with Crippen LogP contribution in [0.4, 0.5) is 25.5 Å². The third-order valence-electron chi connectivity index (χ3n) is 2.64. The molecular formula is C13H24F3N3O5. The summed E-state index contributed by atoms with van der Waals surface area (Å²) in [5, 5.41) is 35.2. The molecule has 1 aromatic rings. The molecular weight excluding hydrogens is 335 g/mol. The Morgan fingerprint density at radius 1 is 0.833 bits per heavy atom. The van der Waals surface area contributed by atoms with Gasteiger partial charge in [-0.25, -0.2) is 4.79 Å². The van der Waals surface area contributed by atoms with E-state index < -0.39 is 23.2 Å². The lowest BCUT2D eigenvalue weighted by atomic mass is 10.1. The average Bonchev–Trinajstić information content (AvgIpc) is 2.47. The number of aromatic hydroxyl groups is 3. The van der Waals surface area contributed by atoms with Gasteiger partial charge in [-0.3, -0.25) is 14.1 Å². The third kappa shape index (κ3) is 5.26. The van der Waals surface area contributed by atoms with E-state index >= 15 is 0 Å². The summed E-state index contributed by atoms with van der Waals surface area (Å²) in [6.07, 6.45) is 0. The summed E-state index contributed by atoms with van der Waals surface area (Å²) >= 11 is 0. The molecule has 0 unspecified atom stereocenters. The highest BCUT2D eigenvalue weighted by Gasteiger charge is 2.28. The summed E-state index contributed by atoms with van der Waals surface area (Å²) in [5.41, 5.74) is 2.30. The molecule has 1 aromatic carbocycles.